The molecule has 1 unspecified atom stereocenters. The van der Waals surface area contributed by atoms with Crippen LogP contribution in [0.25, 0.3) is 0 Å². The van der Waals surface area contributed by atoms with Crippen LogP contribution in [0.5, 0.6) is 0 Å². The van der Waals surface area contributed by atoms with E-state index in [1.165, 1.54) is 0 Å². The van der Waals surface area contributed by atoms with Crippen molar-refractivity contribution >= 4 is 40.7 Å². The third-order valence-corrected chi connectivity index (χ3v) is 3.64. The fourth-order valence-electron chi connectivity index (χ4n) is 1.71. The van der Waals surface area contributed by atoms with Crippen LogP contribution in [0.4, 0.5) is 0 Å². The summed E-state index contributed by atoms with van der Waals surface area (Å²) in [4.78, 5) is 12.0. The summed E-state index contributed by atoms with van der Waals surface area (Å²) in [5.74, 6) is -0.257. The number of carbonyl (C=O) groups is 1. The number of alkyl halides is 1. The van der Waals surface area contributed by atoms with Gasteiger partial charge in [-0.15, -0.1) is 11.6 Å². The van der Waals surface area contributed by atoms with E-state index in [1.807, 2.05) is 0 Å². The van der Waals surface area contributed by atoms with E-state index < -0.39 is 0 Å². The molecule has 0 saturated heterocycles. The second kappa shape index (κ2) is 6.83. The van der Waals surface area contributed by atoms with Gasteiger partial charge in [0.1, 0.15) is 0 Å². The third kappa shape index (κ3) is 5.60. The molecule has 0 aliphatic rings. The van der Waals surface area contributed by atoms with Crippen molar-refractivity contribution in [2.24, 2.45) is 5.41 Å². The van der Waals surface area contributed by atoms with Gasteiger partial charge in [-0.1, -0.05) is 50.0 Å². The van der Waals surface area contributed by atoms with Crippen molar-refractivity contribution in [3.8, 4) is 0 Å². The van der Waals surface area contributed by atoms with E-state index in [4.69, 9.17) is 34.8 Å². The molecular formula is C14H18Cl3NO. The Kier molecular flexibility index (Phi) is 5.97. The molecule has 0 aliphatic carbocycles. The highest BCUT2D eigenvalue weighted by Gasteiger charge is 2.18. The van der Waals surface area contributed by atoms with Crippen molar-refractivity contribution < 1.29 is 4.79 Å². The lowest BCUT2D eigenvalue weighted by molar-refractivity contribution is 0.0952. The zero-order valence-electron chi connectivity index (χ0n) is 11.3. The Morgan fingerprint density at radius 1 is 1.32 bits per heavy atom. The third-order valence-electron chi connectivity index (χ3n) is 2.51. The number of nitrogens with one attached hydrogen (secondary N) is 1. The van der Waals surface area contributed by atoms with E-state index in [1.54, 1.807) is 18.2 Å². The molecule has 1 rings (SSSR count). The van der Waals surface area contributed by atoms with Crippen molar-refractivity contribution in [2.75, 3.05) is 6.54 Å². The molecule has 0 heterocycles. The first-order valence-electron chi connectivity index (χ1n) is 6.07. The second-order valence-corrected chi connectivity index (χ2v) is 7.08. The molecule has 2 nitrogen and oxygen atoms in total. The number of hydrogen-bond donors (Lipinski definition) is 1. The predicted molar refractivity (Wildman–Crippen MR) is 82.5 cm³/mol. The summed E-state index contributed by atoms with van der Waals surface area (Å²) in [5.41, 5.74) is 0.499. The highest BCUT2D eigenvalue weighted by Crippen LogP contribution is 2.26. The number of benzene rings is 1. The van der Waals surface area contributed by atoms with Crippen LogP contribution in [-0.4, -0.2) is 17.8 Å². The van der Waals surface area contributed by atoms with E-state index >= 15 is 0 Å². The zero-order chi connectivity index (χ0) is 14.6. The maximum Gasteiger partial charge on any atom is 0.252 e. The fraction of sp³-hybridized carbons (Fsp3) is 0.500. The monoisotopic (exact) mass is 321 g/mol. The molecule has 5 heteroatoms. The van der Waals surface area contributed by atoms with Crippen molar-refractivity contribution in [2.45, 2.75) is 32.6 Å². The quantitative estimate of drug-likeness (QED) is 0.795. The van der Waals surface area contributed by atoms with Crippen LogP contribution in [0, 0.1) is 5.41 Å². The van der Waals surface area contributed by atoms with Gasteiger partial charge in [0.05, 0.1) is 21.0 Å². The van der Waals surface area contributed by atoms with Crippen LogP contribution >= 0.6 is 34.8 Å². The van der Waals surface area contributed by atoms with Gasteiger partial charge in [0.15, 0.2) is 0 Å². The van der Waals surface area contributed by atoms with E-state index in [0.717, 1.165) is 6.42 Å². The average Bonchev–Trinajstić information content (AvgIpc) is 2.27. The SMILES string of the molecule is CC(C)(C)CC(Cl)CNC(=O)c1cccc(Cl)c1Cl. The van der Waals surface area contributed by atoms with Crippen molar-refractivity contribution in [1.29, 1.82) is 0 Å². The molecule has 0 saturated carbocycles. The lowest BCUT2D eigenvalue weighted by Gasteiger charge is -2.22. The van der Waals surface area contributed by atoms with Crippen LogP contribution in [0.2, 0.25) is 10.0 Å². The highest BCUT2D eigenvalue weighted by atomic mass is 35.5. The molecule has 1 amide bonds. The number of amides is 1. The molecule has 0 spiro atoms. The minimum Gasteiger partial charge on any atom is -0.351 e. The lowest BCUT2D eigenvalue weighted by Crippen LogP contribution is -2.31. The first kappa shape index (κ1) is 16.6. The fourth-order valence-corrected chi connectivity index (χ4v) is 2.64. The largest absolute Gasteiger partial charge is 0.351 e. The Labute approximate surface area is 129 Å². The first-order valence-corrected chi connectivity index (χ1v) is 7.26. The Bertz CT molecular complexity index is 454. The molecule has 1 N–H and O–H groups in total. The summed E-state index contributed by atoms with van der Waals surface area (Å²) >= 11 is 18.0. The predicted octanol–water partition coefficient (Wildman–Crippen LogP) is 4.77. The van der Waals surface area contributed by atoms with Gasteiger partial charge in [-0.2, -0.15) is 0 Å². The summed E-state index contributed by atoms with van der Waals surface area (Å²) in [6, 6.07) is 4.97. The molecule has 0 aromatic heterocycles. The Balaban J connectivity index is 2.59. The van der Waals surface area contributed by atoms with Crippen molar-refractivity contribution in [3.05, 3.63) is 33.8 Å². The lowest BCUT2D eigenvalue weighted by atomic mass is 9.90. The topological polar surface area (TPSA) is 29.1 Å². The van der Waals surface area contributed by atoms with Gasteiger partial charge in [-0.3, -0.25) is 4.79 Å². The summed E-state index contributed by atoms with van der Waals surface area (Å²) in [5, 5.41) is 3.30. The molecular weight excluding hydrogens is 305 g/mol. The van der Waals surface area contributed by atoms with Gasteiger partial charge in [0.2, 0.25) is 0 Å². The summed E-state index contributed by atoms with van der Waals surface area (Å²) in [6.07, 6.45) is 0.818. The summed E-state index contributed by atoms with van der Waals surface area (Å²) in [7, 11) is 0. The van der Waals surface area contributed by atoms with E-state index in [0.29, 0.717) is 17.1 Å². The Hall–Kier alpha value is -0.440. The van der Waals surface area contributed by atoms with Crippen molar-refractivity contribution in [1.82, 2.24) is 5.32 Å². The number of rotatable bonds is 4. The van der Waals surface area contributed by atoms with E-state index in [-0.39, 0.29) is 21.7 Å². The number of carbonyl (C=O) groups excluding carboxylic acids is 1. The molecule has 0 bridgehead atoms. The molecule has 0 aliphatic heterocycles. The zero-order valence-corrected chi connectivity index (χ0v) is 13.5. The highest BCUT2D eigenvalue weighted by molar-refractivity contribution is 6.43. The molecule has 1 atom stereocenters. The van der Waals surface area contributed by atoms with Gasteiger partial charge in [0, 0.05) is 6.54 Å². The Morgan fingerprint density at radius 3 is 2.53 bits per heavy atom. The molecule has 0 fully saturated rings. The van der Waals surface area contributed by atoms with Gasteiger partial charge in [0.25, 0.3) is 5.91 Å². The Morgan fingerprint density at radius 2 is 1.95 bits per heavy atom. The van der Waals surface area contributed by atoms with Crippen LogP contribution < -0.4 is 5.32 Å². The van der Waals surface area contributed by atoms with Crippen LogP contribution in [0.15, 0.2) is 18.2 Å². The molecule has 1 aromatic rings. The van der Waals surface area contributed by atoms with Crippen molar-refractivity contribution in [3.63, 3.8) is 0 Å². The van der Waals surface area contributed by atoms with Crippen LogP contribution in [0.1, 0.15) is 37.6 Å². The van der Waals surface area contributed by atoms with Crippen LogP contribution in [-0.2, 0) is 0 Å². The molecule has 19 heavy (non-hydrogen) atoms. The molecule has 0 radical (unpaired) electrons. The summed E-state index contributed by atoms with van der Waals surface area (Å²) in [6.45, 7) is 6.73. The minimum absolute atomic E-state index is 0.109. The van der Waals surface area contributed by atoms with Gasteiger partial charge in [-0.25, -0.2) is 0 Å². The van der Waals surface area contributed by atoms with Crippen LogP contribution in [0.3, 0.4) is 0 Å². The maximum absolute atomic E-state index is 12.0. The molecule has 106 valence electrons. The summed E-state index contributed by atoms with van der Waals surface area (Å²) < 4.78 is 0. The maximum atomic E-state index is 12.0. The number of halogens is 3. The number of hydrogen-bond acceptors (Lipinski definition) is 1. The normalized spacial score (nSPS) is 13.2. The smallest absolute Gasteiger partial charge is 0.252 e. The van der Waals surface area contributed by atoms with Gasteiger partial charge >= 0.3 is 0 Å². The van der Waals surface area contributed by atoms with Gasteiger partial charge < -0.3 is 5.32 Å². The van der Waals surface area contributed by atoms with E-state index in [2.05, 4.69) is 26.1 Å². The van der Waals surface area contributed by atoms with E-state index in [9.17, 15) is 4.79 Å². The first-order chi connectivity index (χ1) is 8.70. The van der Waals surface area contributed by atoms with Gasteiger partial charge in [-0.05, 0) is 24.0 Å². The molecule has 1 aromatic carbocycles. The average molecular weight is 323 g/mol. The second-order valence-electron chi connectivity index (χ2n) is 5.67. The standard InChI is InChI=1S/C14H18Cl3NO/c1-14(2,3)7-9(15)8-18-13(19)10-5-4-6-11(16)12(10)17/h4-6,9H,7-8H2,1-3H3,(H,18,19). The minimum atomic E-state index is -0.257.